The number of rotatable bonds is 4. The summed E-state index contributed by atoms with van der Waals surface area (Å²) >= 11 is 5.04. The largest absolute Gasteiger partial charge is 0.389 e. The van der Waals surface area contributed by atoms with E-state index >= 15 is 0 Å². The summed E-state index contributed by atoms with van der Waals surface area (Å²) in [6.07, 6.45) is 2.61. The van der Waals surface area contributed by atoms with Crippen molar-refractivity contribution in [2.24, 2.45) is 5.73 Å². The Bertz CT molecular complexity index is 580. The topological polar surface area (TPSA) is 55.0 Å². The average molecular weight is 272 g/mol. The molecule has 1 aromatic carbocycles. The van der Waals surface area contributed by atoms with Crippen molar-refractivity contribution in [1.82, 2.24) is 10.2 Å². The fourth-order valence-electron chi connectivity index (χ4n) is 1.84. The molecular weight excluding hydrogens is 256 g/mol. The first-order valence-electron chi connectivity index (χ1n) is 6.07. The van der Waals surface area contributed by atoms with Crippen LogP contribution in [0, 0.1) is 0 Å². The summed E-state index contributed by atoms with van der Waals surface area (Å²) in [4.78, 5) is 2.25. The van der Waals surface area contributed by atoms with Crippen molar-refractivity contribution < 1.29 is 0 Å². The number of aromatic nitrogens is 2. The Kier molecular flexibility index (Phi) is 4.06. The van der Waals surface area contributed by atoms with Crippen LogP contribution in [0.3, 0.4) is 0 Å². The van der Waals surface area contributed by atoms with Gasteiger partial charge in [0.25, 0.3) is 0 Å². The van der Waals surface area contributed by atoms with Gasteiger partial charge < -0.3 is 10.6 Å². The van der Waals surface area contributed by atoms with Crippen LogP contribution < -0.4 is 10.6 Å². The number of aryl methyl sites for hydroxylation is 1. The molecule has 0 spiro atoms. The highest BCUT2D eigenvalue weighted by Crippen LogP contribution is 2.24. The first kappa shape index (κ1) is 13.4. The van der Waals surface area contributed by atoms with Crippen molar-refractivity contribution in [3.05, 3.63) is 47.7 Å². The molecule has 0 unspecified atom stereocenters. The molecule has 0 radical (unpaired) electrons. The summed E-state index contributed by atoms with van der Waals surface area (Å²) < 4.78 is 0. The maximum Gasteiger partial charge on any atom is 0.165 e. The Morgan fingerprint density at radius 1 is 1.26 bits per heavy atom. The number of nitrogens with two attached hydrogens (primary N) is 1. The van der Waals surface area contributed by atoms with Crippen molar-refractivity contribution in [1.29, 1.82) is 0 Å². The minimum atomic E-state index is 0.321. The van der Waals surface area contributed by atoms with Gasteiger partial charge in [0.1, 0.15) is 4.99 Å². The molecule has 4 nitrogen and oxygen atoms in total. The molecule has 0 aliphatic heterocycles. The van der Waals surface area contributed by atoms with E-state index in [4.69, 9.17) is 18.0 Å². The maximum atomic E-state index is 5.71. The third kappa shape index (κ3) is 2.88. The van der Waals surface area contributed by atoms with Crippen LogP contribution in [0.1, 0.15) is 18.1 Å². The lowest BCUT2D eigenvalue weighted by molar-refractivity contribution is 0.983. The van der Waals surface area contributed by atoms with Gasteiger partial charge in [-0.3, -0.25) is 0 Å². The first-order valence-corrected chi connectivity index (χ1v) is 6.48. The lowest BCUT2D eigenvalue weighted by Crippen LogP contribution is -2.19. The van der Waals surface area contributed by atoms with E-state index < -0.39 is 0 Å². The van der Waals surface area contributed by atoms with Crippen molar-refractivity contribution in [3.8, 4) is 0 Å². The molecule has 0 amide bonds. The van der Waals surface area contributed by atoms with Crippen molar-refractivity contribution in [3.63, 3.8) is 0 Å². The first-order chi connectivity index (χ1) is 9.13. The molecular formula is C14H16N4S. The molecule has 1 aromatic heterocycles. The van der Waals surface area contributed by atoms with Gasteiger partial charge in [0.05, 0.1) is 11.8 Å². The normalized spacial score (nSPS) is 10.2. The average Bonchev–Trinajstić information content (AvgIpc) is 2.46. The third-order valence-corrected chi connectivity index (χ3v) is 3.24. The fraction of sp³-hybridized carbons (Fsp3) is 0.214. The van der Waals surface area contributed by atoms with Crippen LogP contribution in [0.2, 0.25) is 0 Å². The fourth-order valence-corrected chi connectivity index (χ4v) is 2.00. The van der Waals surface area contributed by atoms with Crippen LogP contribution in [-0.4, -0.2) is 22.2 Å². The summed E-state index contributed by atoms with van der Waals surface area (Å²) in [7, 11) is 1.92. The molecule has 0 aliphatic rings. The standard InChI is InChI=1S/C14H16N4S/c1-3-10-4-6-11(7-5-10)18(2)14-12(13(15)19)8-9-16-17-14/h4-9H,3H2,1-2H3,(H2,15,19). The Morgan fingerprint density at radius 3 is 2.53 bits per heavy atom. The number of nitrogens with zero attached hydrogens (tertiary/aromatic N) is 3. The Morgan fingerprint density at radius 2 is 1.95 bits per heavy atom. The molecule has 2 aromatic rings. The number of thiocarbonyl (C=S) groups is 1. The van der Waals surface area contributed by atoms with Crippen molar-refractivity contribution in [2.45, 2.75) is 13.3 Å². The van der Waals surface area contributed by atoms with Crippen LogP contribution in [0.25, 0.3) is 0 Å². The molecule has 0 aliphatic carbocycles. The summed E-state index contributed by atoms with van der Waals surface area (Å²) in [5.41, 5.74) is 8.76. The lowest BCUT2D eigenvalue weighted by Gasteiger charge is -2.20. The van der Waals surface area contributed by atoms with Crippen molar-refractivity contribution in [2.75, 3.05) is 11.9 Å². The smallest absolute Gasteiger partial charge is 0.165 e. The number of benzene rings is 1. The maximum absolute atomic E-state index is 5.71. The molecule has 0 fully saturated rings. The Labute approximate surface area is 118 Å². The van der Waals surface area contributed by atoms with Crippen LogP contribution in [0.5, 0.6) is 0 Å². The zero-order chi connectivity index (χ0) is 13.8. The van der Waals surface area contributed by atoms with Crippen LogP contribution in [0.4, 0.5) is 11.5 Å². The zero-order valence-corrected chi connectivity index (χ0v) is 11.8. The van der Waals surface area contributed by atoms with Crippen molar-refractivity contribution >= 4 is 28.7 Å². The Hall–Kier alpha value is -2.01. The van der Waals surface area contributed by atoms with Gasteiger partial charge in [-0.05, 0) is 30.2 Å². The molecule has 0 bridgehead atoms. The van der Waals surface area contributed by atoms with Gasteiger partial charge in [-0.1, -0.05) is 31.3 Å². The van der Waals surface area contributed by atoms with E-state index in [1.165, 1.54) is 5.56 Å². The van der Waals surface area contributed by atoms with E-state index in [1.54, 1.807) is 12.3 Å². The van der Waals surface area contributed by atoms with Crippen LogP contribution in [0.15, 0.2) is 36.5 Å². The predicted molar refractivity (Wildman–Crippen MR) is 81.8 cm³/mol. The van der Waals surface area contributed by atoms with Gasteiger partial charge in [-0.2, -0.15) is 5.10 Å². The second kappa shape index (κ2) is 5.75. The Balaban J connectivity index is 2.37. The molecule has 0 saturated carbocycles. The van der Waals surface area contributed by atoms with Gasteiger partial charge in [-0.25, -0.2) is 0 Å². The summed E-state index contributed by atoms with van der Waals surface area (Å²) in [5.74, 6) is 0.666. The highest BCUT2D eigenvalue weighted by molar-refractivity contribution is 7.80. The molecule has 0 saturated heterocycles. The second-order valence-corrected chi connectivity index (χ2v) is 4.65. The third-order valence-electron chi connectivity index (χ3n) is 3.02. The van der Waals surface area contributed by atoms with E-state index in [0.29, 0.717) is 10.8 Å². The molecule has 0 atom stereocenters. The number of hydrogen-bond acceptors (Lipinski definition) is 4. The summed E-state index contributed by atoms with van der Waals surface area (Å²) in [6, 6.07) is 10.1. The lowest BCUT2D eigenvalue weighted by atomic mass is 10.1. The minimum Gasteiger partial charge on any atom is -0.389 e. The second-order valence-electron chi connectivity index (χ2n) is 4.21. The number of hydrogen-bond donors (Lipinski definition) is 1. The van der Waals surface area contributed by atoms with E-state index in [1.807, 2.05) is 11.9 Å². The number of anilines is 2. The molecule has 98 valence electrons. The molecule has 1 heterocycles. The van der Waals surface area contributed by atoms with E-state index in [9.17, 15) is 0 Å². The zero-order valence-electron chi connectivity index (χ0n) is 11.0. The van der Waals surface area contributed by atoms with Gasteiger partial charge >= 0.3 is 0 Å². The molecule has 2 N–H and O–H groups in total. The highest BCUT2D eigenvalue weighted by atomic mass is 32.1. The summed E-state index contributed by atoms with van der Waals surface area (Å²) in [6.45, 7) is 2.13. The molecule has 2 rings (SSSR count). The van der Waals surface area contributed by atoms with Crippen LogP contribution >= 0.6 is 12.2 Å². The van der Waals surface area contributed by atoms with E-state index in [2.05, 4.69) is 41.4 Å². The van der Waals surface area contributed by atoms with Crippen LogP contribution in [-0.2, 0) is 6.42 Å². The van der Waals surface area contributed by atoms with E-state index in [-0.39, 0.29) is 0 Å². The monoisotopic (exact) mass is 272 g/mol. The van der Waals surface area contributed by atoms with Gasteiger partial charge in [0.2, 0.25) is 0 Å². The molecule has 5 heteroatoms. The minimum absolute atomic E-state index is 0.321. The van der Waals surface area contributed by atoms with Gasteiger partial charge in [0, 0.05) is 12.7 Å². The van der Waals surface area contributed by atoms with Gasteiger partial charge in [0.15, 0.2) is 5.82 Å². The molecule has 19 heavy (non-hydrogen) atoms. The van der Waals surface area contributed by atoms with Gasteiger partial charge in [-0.15, -0.1) is 5.10 Å². The predicted octanol–water partition coefficient (Wildman–Crippen LogP) is 2.44. The quantitative estimate of drug-likeness (QED) is 0.866. The summed E-state index contributed by atoms with van der Waals surface area (Å²) in [5, 5.41) is 8.03. The van der Waals surface area contributed by atoms with E-state index in [0.717, 1.165) is 17.7 Å². The highest BCUT2D eigenvalue weighted by Gasteiger charge is 2.12. The SMILES string of the molecule is CCc1ccc(N(C)c2nnccc2C(N)=S)cc1.